The van der Waals surface area contributed by atoms with Gasteiger partial charge < -0.3 is 15.5 Å². The first-order valence-electron chi connectivity index (χ1n) is 6.15. The number of fused-ring (bicyclic) bond motifs is 1. The van der Waals surface area contributed by atoms with Crippen LogP contribution in [0.5, 0.6) is 0 Å². The maximum atomic E-state index is 11.1. The van der Waals surface area contributed by atoms with Gasteiger partial charge in [-0.25, -0.2) is 4.79 Å². The summed E-state index contributed by atoms with van der Waals surface area (Å²) in [5.41, 5.74) is 8.23. The Morgan fingerprint density at radius 3 is 2.89 bits per heavy atom. The van der Waals surface area contributed by atoms with Crippen molar-refractivity contribution in [2.45, 2.75) is 31.8 Å². The molecule has 2 atom stereocenters. The molecule has 0 aliphatic carbocycles. The van der Waals surface area contributed by atoms with Gasteiger partial charge in [0.1, 0.15) is 0 Å². The number of rotatable bonds is 5. The Labute approximate surface area is 105 Å². The van der Waals surface area contributed by atoms with E-state index in [1.165, 1.54) is 0 Å². The predicted octanol–water partition coefficient (Wildman–Crippen LogP) is 1.51. The number of hydrogen-bond donors (Lipinski definition) is 3. The van der Waals surface area contributed by atoms with Gasteiger partial charge in [-0.15, -0.1) is 0 Å². The zero-order chi connectivity index (χ0) is 13.1. The molecule has 0 saturated heterocycles. The lowest BCUT2D eigenvalue weighted by Gasteiger charge is -2.17. The Bertz CT molecular complexity index is 571. The summed E-state index contributed by atoms with van der Waals surface area (Å²) in [6.45, 7) is 2.00. The molecule has 0 radical (unpaired) electrons. The molecule has 1 aromatic carbocycles. The summed E-state index contributed by atoms with van der Waals surface area (Å²) in [4.78, 5) is 13.8. The van der Waals surface area contributed by atoms with Crippen LogP contribution >= 0.6 is 0 Å². The van der Waals surface area contributed by atoms with Gasteiger partial charge >= 0.3 is 5.76 Å². The van der Waals surface area contributed by atoms with E-state index in [2.05, 4.69) is 10.3 Å². The molecule has 2 rings (SSSR count). The number of nitrogens with one attached hydrogen (secondary N) is 2. The summed E-state index contributed by atoms with van der Waals surface area (Å²) in [6, 6.07) is 6.17. The fourth-order valence-electron chi connectivity index (χ4n) is 2.09. The largest absolute Gasteiger partial charge is 0.417 e. The first kappa shape index (κ1) is 12.9. The number of nitrogens with two attached hydrogens (primary N) is 1. The molecule has 1 aromatic heterocycles. The molecule has 2 aromatic rings. The SMILES string of the molecule is CNC(CCC(C)N)c1ccc2oc(=O)[nH]c2c1. The van der Waals surface area contributed by atoms with Gasteiger partial charge in [0, 0.05) is 12.1 Å². The van der Waals surface area contributed by atoms with Gasteiger partial charge in [-0.3, -0.25) is 4.98 Å². The van der Waals surface area contributed by atoms with Crippen LogP contribution < -0.4 is 16.8 Å². The normalized spacial score (nSPS) is 14.8. The van der Waals surface area contributed by atoms with Gasteiger partial charge in [-0.1, -0.05) is 6.07 Å². The van der Waals surface area contributed by atoms with Crippen LogP contribution in [0.15, 0.2) is 27.4 Å². The van der Waals surface area contributed by atoms with Crippen molar-refractivity contribution in [3.8, 4) is 0 Å². The molecule has 2 unspecified atom stereocenters. The van der Waals surface area contributed by atoms with Crippen molar-refractivity contribution < 1.29 is 4.42 Å². The summed E-state index contributed by atoms with van der Waals surface area (Å²) in [5, 5.41) is 3.27. The number of oxazole rings is 1. The average Bonchev–Trinajstić information content (AvgIpc) is 2.68. The van der Waals surface area contributed by atoms with Crippen molar-refractivity contribution in [2.75, 3.05) is 7.05 Å². The highest BCUT2D eigenvalue weighted by Crippen LogP contribution is 2.22. The fraction of sp³-hybridized carbons (Fsp3) is 0.462. The maximum Gasteiger partial charge on any atom is 0.417 e. The van der Waals surface area contributed by atoms with Crippen molar-refractivity contribution in [1.29, 1.82) is 0 Å². The standard InChI is InChI=1S/C13H19N3O2/c1-8(14)3-5-10(15-2)9-4-6-12-11(7-9)16-13(17)18-12/h4,6-8,10,15H,3,5,14H2,1-2H3,(H,16,17). The minimum Gasteiger partial charge on any atom is -0.408 e. The lowest BCUT2D eigenvalue weighted by molar-refractivity contribution is 0.496. The van der Waals surface area contributed by atoms with Crippen molar-refractivity contribution in [2.24, 2.45) is 5.73 Å². The summed E-state index contributed by atoms with van der Waals surface area (Å²) >= 11 is 0. The molecule has 18 heavy (non-hydrogen) atoms. The van der Waals surface area contributed by atoms with E-state index in [0.29, 0.717) is 5.58 Å². The molecule has 0 bridgehead atoms. The summed E-state index contributed by atoms with van der Waals surface area (Å²) in [7, 11) is 1.92. The van der Waals surface area contributed by atoms with E-state index in [1.54, 1.807) is 0 Å². The Morgan fingerprint density at radius 2 is 2.22 bits per heavy atom. The van der Waals surface area contributed by atoms with Gasteiger partial charge in [0.2, 0.25) is 0 Å². The molecule has 0 saturated carbocycles. The molecule has 5 heteroatoms. The van der Waals surface area contributed by atoms with E-state index in [-0.39, 0.29) is 12.1 Å². The summed E-state index contributed by atoms with van der Waals surface area (Å²) < 4.78 is 4.98. The van der Waals surface area contributed by atoms with Crippen LogP contribution in [0, 0.1) is 0 Å². The smallest absolute Gasteiger partial charge is 0.408 e. The molecule has 0 fully saturated rings. The summed E-state index contributed by atoms with van der Waals surface area (Å²) in [6.07, 6.45) is 1.91. The topological polar surface area (TPSA) is 84.0 Å². The fourth-order valence-corrected chi connectivity index (χ4v) is 2.09. The van der Waals surface area contributed by atoms with E-state index >= 15 is 0 Å². The molecule has 98 valence electrons. The second-order valence-corrected chi connectivity index (χ2v) is 4.67. The van der Waals surface area contributed by atoms with Gasteiger partial charge in [0.25, 0.3) is 0 Å². The third-order valence-electron chi connectivity index (χ3n) is 3.10. The second kappa shape index (κ2) is 5.37. The van der Waals surface area contributed by atoms with Crippen LogP contribution in [0.3, 0.4) is 0 Å². The molecule has 5 nitrogen and oxygen atoms in total. The lowest BCUT2D eigenvalue weighted by Crippen LogP contribution is -2.21. The highest BCUT2D eigenvalue weighted by atomic mass is 16.4. The number of H-pyrrole nitrogens is 1. The maximum absolute atomic E-state index is 11.1. The zero-order valence-corrected chi connectivity index (χ0v) is 10.7. The van der Waals surface area contributed by atoms with Gasteiger partial charge in [0.05, 0.1) is 5.52 Å². The lowest BCUT2D eigenvalue weighted by atomic mass is 10.00. The second-order valence-electron chi connectivity index (χ2n) is 4.67. The van der Waals surface area contributed by atoms with E-state index in [9.17, 15) is 4.79 Å². The first-order chi connectivity index (χ1) is 8.60. The van der Waals surface area contributed by atoms with Gasteiger partial charge in [-0.05, 0) is 44.5 Å². The van der Waals surface area contributed by atoms with Gasteiger partial charge in [0.15, 0.2) is 5.58 Å². The quantitative estimate of drug-likeness (QED) is 0.750. The number of benzene rings is 1. The Hall–Kier alpha value is -1.59. The molecule has 0 spiro atoms. The molecular weight excluding hydrogens is 230 g/mol. The Morgan fingerprint density at radius 1 is 1.44 bits per heavy atom. The van der Waals surface area contributed by atoms with Crippen molar-refractivity contribution in [3.05, 3.63) is 34.3 Å². The predicted molar refractivity (Wildman–Crippen MR) is 71.5 cm³/mol. The van der Waals surface area contributed by atoms with Crippen molar-refractivity contribution in [1.82, 2.24) is 10.3 Å². The van der Waals surface area contributed by atoms with Crippen LogP contribution in [0.1, 0.15) is 31.4 Å². The Kier molecular flexibility index (Phi) is 3.84. The monoisotopic (exact) mass is 249 g/mol. The van der Waals surface area contributed by atoms with Crippen LogP contribution in [-0.4, -0.2) is 18.1 Å². The minimum absolute atomic E-state index is 0.193. The average molecular weight is 249 g/mol. The van der Waals surface area contributed by atoms with Crippen LogP contribution in [-0.2, 0) is 0 Å². The first-order valence-corrected chi connectivity index (χ1v) is 6.15. The molecule has 4 N–H and O–H groups in total. The zero-order valence-electron chi connectivity index (χ0n) is 10.7. The highest BCUT2D eigenvalue weighted by molar-refractivity contribution is 5.72. The number of aromatic amines is 1. The third-order valence-corrected chi connectivity index (χ3v) is 3.10. The molecule has 1 heterocycles. The van der Waals surface area contributed by atoms with Crippen LogP contribution in [0.2, 0.25) is 0 Å². The van der Waals surface area contributed by atoms with Crippen LogP contribution in [0.25, 0.3) is 11.1 Å². The van der Waals surface area contributed by atoms with Gasteiger partial charge in [-0.2, -0.15) is 0 Å². The van der Waals surface area contributed by atoms with E-state index in [1.807, 2.05) is 32.2 Å². The van der Waals surface area contributed by atoms with Crippen LogP contribution in [0.4, 0.5) is 0 Å². The van der Waals surface area contributed by atoms with E-state index < -0.39 is 5.76 Å². The van der Waals surface area contributed by atoms with E-state index in [4.69, 9.17) is 10.2 Å². The van der Waals surface area contributed by atoms with Crippen molar-refractivity contribution >= 4 is 11.1 Å². The highest BCUT2D eigenvalue weighted by Gasteiger charge is 2.12. The minimum atomic E-state index is -0.418. The molecule has 0 aliphatic rings. The summed E-state index contributed by atoms with van der Waals surface area (Å²) in [5.74, 6) is -0.418. The molecule has 0 aliphatic heterocycles. The number of aromatic nitrogens is 1. The third kappa shape index (κ3) is 2.80. The van der Waals surface area contributed by atoms with Crippen molar-refractivity contribution in [3.63, 3.8) is 0 Å². The van der Waals surface area contributed by atoms with E-state index in [0.717, 1.165) is 23.9 Å². The molecular formula is C13H19N3O2. The number of hydrogen-bond acceptors (Lipinski definition) is 4. The Balaban J connectivity index is 2.24. The molecule has 0 amide bonds.